The van der Waals surface area contributed by atoms with E-state index in [9.17, 15) is 4.79 Å². The highest BCUT2D eigenvalue weighted by molar-refractivity contribution is 7.99. The Morgan fingerprint density at radius 2 is 1.61 bits per heavy atom. The Bertz CT molecular complexity index is 1210. The molecule has 2 aliphatic heterocycles. The Kier molecular flexibility index (Phi) is 3.44. The summed E-state index contributed by atoms with van der Waals surface area (Å²) in [6, 6.07) is 26.6. The van der Waals surface area contributed by atoms with E-state index in [1.165, 1.54) is 10.9 Å². The molecule has 0 unspecified atom stereocenters. The average Bonchev–Trinajstić information content (AvgIpc) is 3.12. The monoisotopic (exact) mass is 383 g/mol. The molecule has 136 valence electrons. The summed E-state index contributed by atoms with van der Waals surface area (Å²) in [5.74, 6) is 0.272. The van der Waals surface area contributed by atoms with Crippen LogP contribution in [0.4, 0.5) is 0 Å². The summed E-state index contributed by atoms with van der Waals surface area (Å²) in [6.45, 7) is 0. The van der Waals surface area contributed by atoms with Crippen molar-refractivity contribution in [2.75, 3.05) is 0 Å². The van der Waals surface area contributed by atoms with Crippen LogP contribution in [-0.2, 0) is 4.79 Å². The van der Waals surface area contributed by atoms with Crippen LogP contribution in [0.25, 0.3) is 10.9 Å². The first kappa shape index (κ1) is 16.0. The van der Waals surface area contributed by atoms with Gasteiger partial charge < -0.3 is 9.72 Å². The molecule has 0 saturated carbocycles. The number of aromatic amines is 1. The van der Waals surface area contributed by atoms with Gasteiger partial charge >= 0.3 is 5.97 Å². The molecule has 0 amide bonds. The number of nitrogens with one attached hydrogen (secondary N) is 1. The summed E-state index contributed by atoms with van der Waals surface area (Å²) < 4.78 is 5.79. The zero-order valence-electron chi connectivity index (χ0n) is 15.0. The van der Waals surface area contributed by atoms with E-state index in [1.54, 1.807) is 11.8 Å². The molecule has 3 nitrogen and oxygen atoms in total. The fourth-order valence-corrected chi connectivity index (χ4v) is 6.12. The van der Waals surface area contributed by atoms with Crippen molar-refractivity contribution in [3.63, 3.8) is 0 Å². The number of hydrogen-bond donors (Lipinski definition) is 1. The minimum absolute atomic E-state index is 0.00705. The Morgan fingerprint density at radius 1 is 0.857 bits per heavy atom. The van der Waals surface area contributed by atoms with E-state index in [0.717, 1.165) is 21.7 Å². The van der Waals surface area contributed by atoms with Gasteiger partial charge in [-0.2, -0.15) is 0 Å². The predicted molar refractivity (Wildman–Crippen MR) is 111 cm³/mol. The number of carbonyl (C=O) groups is 1. The number of esters is 1. The van der Waals surface area contributed by atoms with Gasteiger partial charge in [0.25, 0.3) is 0 Å². The summed E-state index contributed by atoms with van der Waals surface area (Å²) in [5.41, 5.74) is 4.59. The molecule has 3 heterocycles. The first-order valence-corrected chi connectivity index (χ1v) is 10.3. The Labute approximate surface area is 166 Å². The quantitative estimate of drug-likeness (QED) is 0.339. The highest BCUT2D eigenvalue weighted by Gasteiger charge is 2.49. The Balaban J connectivity index is 1.65. The van der Waals surface area contributed by atoms with Gasteiger partial charge in [0.2, 0.25) is 0 Å². The van der Waals surface area contributed by atoms with E-state index in [4.69, 9.17) is 4.74 Å². The van der Waals surface area contributed by atoms with Crippen LogP contribution in [0.5, 0.6) is 5.75 Å². The van der Waals surface area contributed by atoms with Gasteiger partial charge in [0.1, 0.15) is 5.75 Å². The largest absolute Gasteiger partial charge is 0.426 e. The number of rotatable bonds is 1. The van der Waals surface area contributed by atoms with Gasteiger partial charge in [-0.05, 0) is 17.7 Å². The molecule has 0 saturated heterocycles. The molecular weight excluding hydrogens is 366 g/mol. The van der Waals surface area contributed by atoms with Crippen LogP contribution in [0.3, 0.4) is 0 Å². The van der Waals surface area contributed by atoms with Gasteiger partial charge in [0, 0.05) is 27.9 Å². The van der Waals surface area contributed by atoms with Gasteiger partial charge in [-0.15, -0.1) is 0 Å². The summed E-state index contributed by atoms with van der Waals surface area (Å²) >= 11 is 1.74. The average molecular weight is 383 g/mol. The molecule has 4 heteroatoms. The molecule has 3 aromatic carbocycles. The Morgan fingerprint density at radius 3 is 2.50 bits per heavy atom. The second kappa shape index (κ2) is 6.01. The SMILES string of the molecule is O=C1Oc2ccccc2[C@H]2c3c([nH]c4ccccc34)S[C@H](c3ccccc3)[C@@H]12. The zero-order valence-corrected chi connectivity index (χ0v) is 15.8. The lowest BCUT2D eigenvalue weighted by Crippen LogP contribution is -2.37. The predicted octanol–water partition coefficient (Wildman–Crippen LogP) is 5.68. The zero-order chi connectivity index (χ0) is 18.7. The van der Waals surface area contributed by atoms with Gasteiger partial charge in [-0.25, -0.2) is 0 Å². The van der Waals surface area contributed by atoms with Crippen molar-refractivity contribution in [1.82, 2.24) is 4.98 Å². The molecule has 28 heavy (non-hydrogen) atoms. The van der Waals surface area contributed by atoms with Crippen LogP contribution in [0.15, 0.2) is 83.9 Å². The molecule has 0 bridgehead atoms. The van der Waals surface area contributed by atoms with E-state index >= 15 is 0 Å². The standard InChI is InChI=1S/C24H17NO2S/c26-24-21-19(16-11-5-7-13-18(16)27-24)20-15-10-4-6-12-17(15)25-23(20)28-22(21)14-8-2-1-3-9-14/h1-13,19,21-22,25H/t19-,21-,22+/m0/s1. The van der Waals surface area contributed by atoms with Crippen molar-refractivity contribution >= 4 is 28.6 Å². The van der Waals surface area contributed by atoms with E-state index in [-0.39, 0.29) is 23.1 Å². The van der Waals surface area contributed by atoms with Crippen LogP contribution < -0.4 is 4.74 Å². The summed E-state index contributed by atoms with van der Waals surface area (Å²) in [7, 11) is 0. The number of aromatic nitrogens is 1. The maximum Gasteiger partial charge on any atom is 0.316 e. The van der Waals surface area contributed by atoms with Gasteiger partial charge in [0.05, 0.1) is 16.2 Å². The van der Waals surface area contributed by atoms with Crippen molar-refractivity contribution in [3.8, 4) is 5.75 Å². The second-order valence-corrected chi connectivity index (χ2v) is 8.48. The fourth-order valence-electron chi connectivity index (χ4n) is 4.63. The number of ether oxygens (including phenoxy) is 1. The number of para-hydroxylation sites is 2. The summed E-state index contributed by atoms with van der Waals surface area (Å²) in [6.07, 6.45) is 0. The molecule has 0 fully saturated rings. The first-order valence-electron chi connectivity index (χ1n) is 9.44. The summed E-state index contributed by atoms with van der Waals surface area (Å²) in [5, 5.41) is 2.35. The van der Waals surface area contributed by atoms with Gasteiger partial charge in [-0.3, -0.25) is 4.79 Å². The molecule has 0 radical (unpaired) electrons. The van der Waals surface area contributed by atoms with Gasteiger partial charge in [0.15, 0.2) is 0 Å². The molecule has 6 rings (SSSR count). The normalized spacial score (nSPS) is 22.9. The lowest BCUT2D eigenvalue weighted by Gasteiger charge is -2.40. The molecule has 4 aromatic rings. The van der Waals surface area contributed by atoms with Crippen molar-refractivity contribution < 1.29 is 9.53 Å². The smallest absolute Gasteiger partial charge is 0.316 e. The molecule has 0 spiro atoms. The van der Waals surface area contributed by atoms with Crippen LogP contribution in [0, 0.1) is 5.92 Å². The highest BCUT2D eigenvalue weighted by atomic mass is 32.2. The van der Waals surface area contributed by atoms with E-state index in [1.807, 2.05) is 42.5 Å². The lowest BCUT2D eigenvalue weighted by atomic mass is 9.75. The van der Waals surface area contributed by atoms with E-state index in [0.29, 0.717) is 5.75 Å². The maximum absolute atomic E-state index is 13.2. The Hall–Kier alpha value is -2.98. The minimum atomic E-state index is -0.256. The van der Waals surface area contributed by atoms with Crippen molar-refractivity contribution in [3.05, 3.63) is 95.6 Å². The van der Waals surface area contributed by atoms with Crippen LogP contribution in [0.1, 0.15) is 27.9 Å². The second-order valence-electron chi connectivity index (χ2n) is 7.32. The molecule has 0 aliphatic carbocycles. The third-order valence-corrected chi connectivity index (χ3v) is 7.19. The van der Waals surface area contributed by atoms with Crippen molar-refractivity contribution in [1.29, 1.82) is 0 Å². The first-order chi connectivity index (χ1) is 13.8. The number of H-pyrrole nitrogens is 1. The molecule has 1 aromatic heterocycles. The number of fused-ring (bicyclic) bond motifs is 7. The third-order valence-electron chi connectivity index (χ3n) is 5.82. The van der Waals surface area contributed by atoms with Crippen molar-refractivity contribution in [2.24, 2.45) is 5.92 Å². The van der Waals surface area contributed by atoms with E-state index < -0.39 is 0 Å². The molecular formula is C24H17NO2S. The third kappa shape index (κ3) is 2.21. The lowest BCUT2D eigenvalue weighted by molar-refractivity contribution is -0.141. The van der Waals surface area contributed by atoms with Crippen molar-refractivity contribution in [2.45, 2.75) is 16.2 Å². The topological polar surface area (TPSA) is 42.1 Å². The summed E-state index contributed by atoms with van der Waals surface area (Å²) in [4.78, 5) is 16.8. The number of carbonyl (C=O) groups excluding carboxylic acids is 1. The van der Waals surface area contributed by atoms with Crippen LogP contribution in [-0.4, -0.2) is 11.0 Å². The number of benzene rings is 3. The number of hydrogen-bond acceptors (Lipinski definition) is 3. The molecule has 1 N–H and O–H groups in total. The molecule has 2 aliphatic rings. The van der Waals surface area contributed by atoms with E-state index in [2.05, 4.69) is 41.4 Å². The molecule has 3 atom stereocenters. The fraction of sp³-hybridized carbons (Fsp3) is 0.125. The highest BCUT2D eigenvalue weighted by Crippen LogP contribution is 2.59. The van der Waals surface area contributed by atoms with Gasteiger partial charge in [-0.1, -0.05) is 78.5 Å². The minimum Gasteiger partial charge on any atom is -0.426 e. The van der Waals surface area contributed by atoms with Crippen LogP contribution >= 0.6 is 11.8 Å². The van der Waals surface area contributed by atoms with Crippen LogP contribution in [0.2, 0.25) is 0 Å². The number of thioether (sulfide) groups is 1. The maximum atomic E-state index is 13.2.